The van der Waals surface area contributed by atoms with Crippen molar-refractivity contribution in [1.29, 1.82) is 0 Å². The molecule has 146 valence electrons. The van der Waals surface area contributed by atoms with E-state index in [1.54, 1.807) is 30.5 Å². The number of tetrazole rings is 1. The monoisotopic (exact) mass is 415 g/mol. The zero-order valence-electron chi connectivity index (χ0n) is 14.5. The summed E-state index contributed by atoms with van der Waals surface area (Å²) >= 11 is 6.00. The molecule has 0 aliphatic heterocycles. The molecule has 0 saturated heterocycles. The first kappa shape index (κ1) is 18.5. The molecule has 0 unspecified atom stereocenters. The standard InChI is InChI=1S/C17H11ClFN7O3/c18-13-6-1-10(19)7-15(13)29-12-4-2-11(3-5-12)25-8-14(20-23-25)17-21-24-26(22-17)9-16(27)28/h1-8H,9H2,(H,27,28). The van der Waals surface area contributed by atoms with Crippen molar-refractivity contribution in [3.05, 3.63) is 59.5 Å². The molecule has 0 radical (unpaired) electrons. The maximum absolute atomic E-state index is 13.3. The Bertz CT molecular complexity index is 1180. The first-order chi connectivity index (χ1) is 14.0. The molecule has 2 heterocycles. The summed E-state index contributed by atoms with van der Waals surface area (Å²) in [5.41, 5.74) is 0.993. The second-order valence-electron chi connectivity index (χ2n) is 5.76. The van der Waals surface area contributed by atoms with Crippen LogP contribution in [0.5, 0.6) is 11.5 Å². The van der Waals surface area contributed by atoms with Gasteiger partial charge in [-0.2, -0.15) is 4.80 Å². The number of aliphatic carboxylic acids is 1. The fourth-order valence-electron chi connectivity index (χ4n) is 2.38. The van der Waals surface area contributed by atoms with Crippen molar-refractivity contribution in [2.45, 2.75) is 6.54 Å². The summed E-state index contributed by atoms with van der Waals surface area (Å²) in [5.74, 6) is -0.722. The number of hydrogen-bond donors (Lipinski definition) is 1. The van der Waals surface area contributed by atoms with Gasteiger partial charge in [0.25, 0.3) is 0 Å². The molecule has 29 heavy (non-hydrogen) atoms. The number of carbonyl (C=O) groups is 1. The second-order valence-corrected chi connectivity index (χ2v) is 6.16. The lowest BCUT2D eigenvalue weighted by Gasteiger charge is -2.08. The highest BCUT2D eigenvalue weighted by molar-refractivity contribution is 6.32. The predicted molar refractivity (Wildman–Crippen MR) is 97.3 cm³/mol. The van der Waals surface area contributed by atoms with Crippen molar-refractivity contribution in [1.82, 2.24) is 35.2 Å². The van der Waals surface area contributed by atoms with Gasteiger partial charge in [0, 0.05) is 6.07 Å². The van der Waals surface area contributed by atoms with Crippen LogP contribution in [0.1, 0.15) is 0 Å². The van der Waals surface area contributed by atoms with E-state index in [1.807, 2.05) is 0 Å². The van der Waals surface area contributed by atoms with Crippen molar-refractivity contribution in [2.75, 3.05) is 0 Å². The number of aromatic nitrogens is 7. The third kappa shape index (κ3) is 4.19. The molecule has 0 aliphatic carbocycles. The molecule has 0 saturated carbocycles. The lowest BCUT2D eigenvalue weighted by molar-refractivity contribution is -0.138. The van der Waals surface area contributed by atoms with Crippen LogP contribution in [0, 0.1) is 5.82 Å². The average molecular weight is 416 g/mol. The highest BCUT2D eigenvalue weighted by Crippen LogP contribution is 2.30. The van der Waals surface area contributed by atoms with Gasteiger partial charge < -0.3 is 9.84 Å². The van der Waals surface area contributed by atoms with Crippen LogP contribution in [0.4, 0.5) is 4.39 Å². The van der Waals surface area contributed by atoms with E-state index in [-0.39, 0.29) is 11.6 Å². The van der Waals surface area contributed by atoms with Crippen LogP contribution in [0.3, 0.4) is 0 Å². The van der Waals surface area contributed by atoms with Gasteiger partial charge in [0.05, 0.1) is 16.9 Å². The minimum atomic E-state index is -1.08. The summed E-state index contributed by atoms with van der Waals surface area (Å²) in [7, 11) is 0. The largest absolute Gasteiger partial charge is 0.480 e. The molecule has 10 nitrogen and oxygen atoms in total. The quantitative estimate of drug-likeness (QED) is 0.510. The predicted octanol–water partition coefficient (Wildman–Crippen LogP) is 2.59. The van der Waals surface area contributed by atoms with E-state index in [0.29, 0.717) is 22.2 Å². The van der Waals surface area contributed by atoms with Gasteiger partial charge in [0.1, 0.15) is 17.3 Å². The fourth-order valence-corrected chi connectivity index (χ4v) is 2.53. The zero-order chi connectivity index (χ0) is 20.4. The van der Waals surface area contributed by atoms with Gasteiger partial charge in [-0.05, 0) is 41.6 Å². The van der Waals surface area contributed by atoms with Crippen LogP contribution in [0.25, 0.3) is 17.2 Å². The van der Waals surface area contributed by atoms with Crippen LogP contribution in [0.15, 0.2) is 48.7 Å². The van der Waals surface area contributed by atoms with Gasteiger partial charge in [-0.3, -0.25) is 4.79 Å². The van der Waals surface area contributed by atoms with Crippen LogP contribution in [0.2, 0.25) is 5.02 Å². The Balaban J connectivity index is 1.50. The number of halogens is 2. The topological polar surface area (TPSA) is 121 Å². The lowest BCUT2D eigenvalue weighted by Crippen LogP contribution is -2.11. The van der Waals surface area contributed by atoms with Gasteiger partial charge in [-0.1, -0.05) is 16.8 Å². The number of hydrogen-bond acceptors (Lipinski definition) is 7. The number of carboxylic acids is 1. The van der Waals surface area contributed by atoms with Crippen LogP contribution in [-0.4, -0.2) is 46.3 Å². The Morgan fingerprint density at radius 2 is 1.93 bits per heavy atom. The summed E-state index contributed by atoms with van der Waals surface area (Å²) < 4.78 is 20.4. The molecular weight excluding hydrogens is 405 g/mol. The minimum Gasteiger partial charge on any atom is -0.480 e. The van der Waals surface area contributed by atoms with E-state index in [4.69, 9.17) is 21.4 Å². The molecule has 2 aromatic carbocycles. The normalized spacial score (nSPS) is 10.8. The highest BCUT2D eigenvalue weighted by atomic mass is 35.5. The van der Waals surface area contributed by atoms with Crippen molar-refractivity contribution in [2.24, 2.45) is 0 Å². The molecule has 1 N–H and O–H groups in total. The summed E-state index contributed by atoms with van der Waals surface area (Å²) in [4.78, 5) is 11.6. The Morgan fingerprint density at radius 1 is 1.14 bits per heavy atom. The zero-order valence-corrected chi connectivity index (χ0v) is 15.2. The minimum absolute atomic E-state index is 0.151. The SMILES string of the molecule is O=C(O)Cn1nnc(-c2cn(-c3ccc(Oc4cc(F)ccc4Cl)cc3)nn2)n1. The second kappa shape index (κ2) is 7.64. The molecule has 12 heteroatoms. The number of rotatable bonds is 6. The van der Waals surface area contributed by atoms with Crippen LogP contribution >= 0.6 is 11.6 Å². The van der Waals surface area contributed by atoms with E-state index in [1.165, 1.54) is 22.9 Å². The van der Waals surface area contributed by atoms with Gasteiger partial charge in [-0.25, -0.2) is 9.07 Å². The lowest BCUT2D eigenvalue weighted by atomic mass is 10.3. The molecule has 0 amide bonds. The first-order valence-corrected chi connectivity index (χ1v) is 8.51. The smallest absolute Gasteiger partial charge is 0.327 e. The van der Waals surface area contributed by atoms with E-state index in [2.05, 4.69) is 25.7 Å². The van der Waals surface area contributed by atoms with E-state index < -0.39 is 18.3 Å². The summed E-state index contributed by atoms with van der Waals surface area (Å²) in [6.45, 7) is -0.405. The first-order valence-electron chi connectivity index (χ1n) is 8.13. The average Bonchev–Trinajstić information content (AvgIpc) is 3.34. The molecule has 0 atom stereocenters. The number of ether oxygens (including phenoxy) is 1. The molecule has 0 aliphatic rings. The van der Waals surface area contributed by atoms with E-state index in [0.717, 1.165) is 4.80 Å². The van der Waals surface area contributed by atoms with Gasteiger partial charge in [0.2, 0.25) is 5.82 Å². The maximum atomic E-state index is 13.3. The Morgan fingerprint density at radius 3 is 2.69 bits per heavy atom. The summed E-state index contributed by atoms with van der Waals surface area (Å²) in [5, 5.41) is 28.3. The van der Waals surface area contributed by atoms with Crippen molar-refractivity contribution >= 4 is 17.6 Å². The number of nitrogens with zero attached hydrogens (tertiary/aromatic N) is 7. The van der Waals surface area contributed by atoms with Crippen molar-refractivity contribution < 1.29 is 19.0 Å². The van der Waals surface area contributed by atoms with Crippen LogP contribution < -0.4 is 4.74 Å². The number of carboxylic acid groups (broad SMARTS) is 1. The third-order valence-corrected chi connectivity index (χ3v) is 3.99. The molecular formula is C17H11ClFN7O3. The fraction of sp³-hybridized carbons (Fsp3) is 0.0588. The van der Waals surface area contributed by atoms with E-state index in [9.17, 15) is 9.18 Å². The highest BCUT2D eigenvalue weighted by Gasteiger charge is 2.13. The van der Waals surface area contributed by atoms with Crippen molar-refractivity contribution in [3.63, 3.8) is 0 Å². The molecule has 2 aromatic heterocycles. The Kier molecular flexibility index (Phi) is 4.87. The van der Waals surface area contributed by atoms with Crippen LogP contribution in [-0.2, 0) is 11.3 Å². The number of benzene rings is 2. The molecule has 4 aromatic rings. The van der Waals surface area contributed by atoms with E-state index >= 15 is 0 Å². The van der Waals surface area contributed by atoms with Crippen molar-refractivity contribution in [3.8, 4) is 28.7 Å². The van der Waals surface area contributed by atoms with Gasteiger partial charge >= 0.3 is 5.97 Å². The Labute approximate surface area is 167 Å². The van der Waals surface area contributed by atoms with Gasteiger partial charge in [-0.15, -0.1) is 15.3 Å². The summed E-state index contributed by atoms with van der Waals surface area (Å²) in [6.07, 6.45) is 1.57. The Hall–Kier alpha value is -3.86. The van der Waals surface area contributed by atoms with Gasteiger partial charge in [0.15, 0.2) is 12.2 Å². The third-order valence-electron chi connectivity index (χ3n) is 3.67. The summed E-state index contributed by atoms with van der Waals surface area (Å²) in [6, 6.07) is 10.6. The molecule has 0 bridgehead atoms. The molecule has 4 rings (SSSR count). The molecule has 0 fully saturated rings. The maximum Gasteiger partial charge on any atom is 0.327 e. The molecule has 0 spiro atoms.